The zero-order valence-corrected chi connectivity index (χ0v) is 20.2. The number of nitrogens with zero attached hydrogens (tertiary/aromatic N) is 4. The molecule has 2 aliphatic heterocycles. The molecule has 0 bridgehead atoms. The lowest BCUT2D eigenvalue weighted by molar-refractivity contribution is -0.116. The van der Waals surface area contributed by atoms with Crippen LogP contribution in [0.1, 0.15) is 48.9 Å². The van der Waals surface area contributed by atoms with E-state index in [1.165, 1.54) is 10.5 Å². The number of halogens is 1. The van der Waals surface area contributed by atoms with Gasteiger partial charge in [0, 0.05) is 10.7 Å². The number of rotatable bonds is 4. The Bertz CT molecular complexity index is 1270. The largest absolute Gasteiger partial charge is 0.326 e. The molecule has 0 aliphatic carbocycles. The first-order valence-electron chi connectivity index (χ1n) is 10.9. The van der Waals surface area contributed by atoms with Gasteiger partial charge in [0.1, 0.15) is 11.9 Å². The number of allylic oxidation sites excluding steroid dienone is 2. The van der Waals surface area contributed by atoms with Gasteiger partial charge in [0.05, 0.1) is 23.4 Å². The zero-order valence-electron chi connectivity index (χ0n) is 18.6. The molecule has 6 nitrogen and oxygen atoms in total. The van der Waals surface area contributed by atoms with E-state index in [4.69, 9.17) is 16.6 Å². The average Bonchev–Trinajstić information content (AvgIpc) is 3.27. The molecule has 2 aromatic carbocycles. The zero-order chi connectivity index (χ0) is 23.1. The predicted octanol–water partition coefficient (Wildman–Crippen LogP) is 5.97. The van der Waals surface area contributed by atoms with Gasteiger partial charge in [0.15, 0.2) is 5.82 Å². The molecule has 0 radical (unpaired) electrons. The van der Waals surface area contributed by atoms with Crippen molar-refractivity contribution in [2.45, 2.75) is 38.6 Å². The van der Waals surface area contributed by atoms with Gasteiger partial charge in [-0.15, -0.1) is 22.0 Å². The lowest BCUT2D eigenvalue weighted by Gasteiger charge is -2.23. The van der Waals surface area contributed by atoms with Crippen molar-refractivity contribution in [2.75, 3.05) is 5.32 Å². The van der Waals surface area contributed by atoms with Crippen molar-refractivity contribution in [1.82, 2.24) is 14.8 Å². The van der Waals surface area contributed by atoms with E-state index in [-0.39, 0.29) is 23.6 Å². The molecule has 1 aromatic heterocycles. The summed E-state index contributed by atoms with van der Waals surface area (Å²) in [5.41, 5.74) is 4.01. The summed E-state index contributed by atoms with van der Waals surface area (Å²) >= 11 is 7.98. The van der Waals surface area contributed by atoms with Crippen LogP contribution in [0.15, 0.2) is 70.1 Å². The number of carbonyl (C=O) groups excluding carboxylic acids is 1. The lowest BCUT2D eigenvalue weighted by Crippen LogP contribution is -2.23. The maximum Gasteiger partial charge on any atom is 0.227 e. The van der Waals surface area contributed by atoms with E-state index in [1.807, 2.05) is 73.3 Å². The summed E-state index contributed by atoms with van der Waals surface area (Å²) in [5.74, 6) is 1.51. The minimum atomic E-state index is -0.445. The number of nitrogens with one attached hydrogen (secondary N) is 1. The first-order chi connectivity index (χ1) is 15.9. The average molecular weight is 478 g/mol. The number of carbonyl (C=O) groups is 1. The van der Waals surface area contributed by atoms with Crippen LogP contribution < -0.4 is 5.32 Å². The number of aryl methyl sites for hydroxylation is 1. The molecule has 0 saturated heterocycles. The molecule has 3 atom stereocenters. The topological polar surface area (TPSA) is 72.2 Å². The smallest absolute Gasteiger partial charge is 0.227 e. The Kier molecular flexibility index (Phi) is 5.85. The van der Waals surface area contributed by atoms with E-state index in [1.54, 1.807) is 0 Å². The van der Waals surface area contributed by atoms with Gasteiger partial charge in [-0.2, -0.15) is 0 Å². The summed E-state index contributed by atoms with van der Waals surface area (Å²) < 4.78 is 2.17. The predicted molar refractivity (Wildman–Crippen MR) is 134 cm³/mol. The van der Waals surface area contributed by atoms with Crippen LogP contribution in [-0.2, 0) is 4.79 Å². The van der Waals surface area contributed by atoms with Gasteiger partial charge >= 0.3 is 0 Å². The van der Waals surface area contributed by atoms with Gasteiger partial charge in [-0.1, -0.05) is 47.5 Å². The number of hydrogen-bond donors (Lipinski definition) is 1. The second-order valence-corrected chi connectivity index (χ2v) is 10.1. The van der Waals surface area contributed by atoms with E-state index in [0.717, 1.165) is 28.6 Å². The Labute approximate surface area is 202 Å². The summed E-state index contributed by atoms with van der Waals surface area (Å²) in [5, 5.41) is 12.6. The number of anilines is 1. The highest BCUT2D eigenvalue weighted by Gasteiger charge is 2.42. The minimum absolute atomic E-state index is 0.0617. The Morgan fingerprint density at radius 3 is 2.52 bits per heavy atom. The number of benzene rings is 2. The van der Waals surface area contributed by atoms with Crippen molar-refractivity contribution in [2.24, 2.45) is 10.9 Å². The van der Waals surface area contributed by atoms with Gasteiger partial charge in [-0.3, -0.25) is 14.4 Å². The molecule has 2 aliphatic rings. The maximum absolute atomic E-state index is 13.0. The molecule has 1 amide bonds. The van der Waals surface area contributed by atoms with Crippen LogP contribution in [-0.4, -0.2) is 26.4 Å². The Morgan fingerprint density at radius 2 is 1.79 bits per heavy atom. The highest BCUT2D eigenvalue weighted by Crippen LogP contribution is 2.52. The highest BCUT2D eigenvalue weighted by molar-refractivity contribution is 8.03. The molecule has 33 heavy (non-hydrogen) atoms. The summed E-state index contributed by atoms with van der Waals surface area (Å²) in [6, 6.07) is 16.8. The van der Waals surface area contributed by atoms with Crippen LogP contribution in [0, 0.1) is 12.8 Å². The van der Waals surface area contributed by atoms with Crippen LogP contribution in [0.2, 0.25) is 5.02 Å². The third-order valence-electron chi connectivity index (χ3n) is 6.22. The monoisotopic (exact) mass is 477 g/mol. The van der Waals surface area contributed by atoms with E-state index >= 15 is 0 Å². The summed E-state index contributed by atoms with van der Waals surface area (Å²) in [6.45, 7) is 6.28. The summed E-state index contributed by atoms with van der Waals surface area (Å²) in [6.07, 6.45) is 0.177. The Morgan fingerprint density at radius 1 is 1.06 bits per heavy atom. The second-order valence-electron chi connectivity index (χ2n) is 8.36. The molecule has 168 valence electrons. The van der Waals surface area contributed by atoms with E-state index < -0.39 is 6.04 Å². The van der Waals surface area contributed by atoms with Crippen molar-refractivity contribution in [3.05, 3.63) is 87.3 Å². The van der Waals surface area contributed by atoms with Crippen molar-refractivity contribution in [1.29, 1.82) is 0 Å². The number of thioether (sulfide) groups is 1. The second kappa shape index (κ2) is 8.80. The number of aromatic nitrogens is 3. The van der Waals surface area contributed by atoms with Crippen LogP contribution >= 0.6 is 23.4 Å². The van der Waals surface area contributed by atoms with E-state index in [2.05, 4.69) is 33.9 Å². The SMILES string of the molecule is CC1=C(C)C2C(c3ccc(Cl)cc3)=N[C@@H](CC(=O)Nc3ccccc3)c3nnc(C)n3C2S1. The normalized spacial score (nSPS) is 21.8. The molecule has 0 spiro atoms. The summed E-state index contributed by atoms with van der Waals surface area (Å²) in [7, 11) is 0. The van der Waals surface area contributed by atoms with Gasteiger partial charge < -0.3 is 5.32 Å². The maximum atomic E-state index is 13.0. The number of amides is 1. The fourth-order valence-corrected chi connectivity index (χ4v) is 6.11. The molecule has 8 heteroatoms. The quantitative estimate of drug-likeness (QED) is 0.502. The van der Waals surface area contributed by atoms with Gasteiger partial charge in [0.25, 0.3) is 0 Å². The molecule has 0 fully saturated rings. The lowest BCUT2D eigenvalue weighted by atomic mass is 9.90. The summed E-state index contributed by atoms with van der Waals surface area (Å²) in [4.78, 5) is 19.5. The van der Waals surface area contributed by atoms with Crippen molar-refractivity contribution >= 4 is 40.7 Å². The number of aliphatic imine (C=N–C) groups is 1. The number of hydrogen-bond acceptors (Lipinski definition) is 5. The molecule has 0 saturated carbocycles. The number of para-hydroxylation sites is 1. The first kappa shape index (κ1) is 21.9. The fraction of sp³-hybridized carbons (Fsp3) is 0.280. The Hall–Kier alpha value is -2.90. The van der Waals surface area contributed by atoms with Gasteiger partial charge in [0.2, 0.25) is 5.91 Å². The van der Waals surface area contributed by atoms with Crippen LogP contribution in [0.5, 0.6) is 0 Å². The molecule has 1 N–H and O–H groups in total. The molecule has 3 heterocycles. The first-order valence-corrected chi connectivity index (χ1v) is 12.1. The van der Waals surface area contributed by atoms with E-state index in [0.29, 0.717) is 5.02 Å². The van der Waals surface area contributed by atoms with Crippen LogP contribution in [0.3, 0.4) is 0 Å². The molecule has 5 rings (SSSR count). The fourth-order valence-electron chi connectivity index (χ4n) is 4.47. The molecular weight excluding hydrogens is 454 g/mol. The van der Waals surface area contributed by atoms with Crippen molar-refractivity contribution < 1.29 is 4.79 Å². The molecular formula is C25H24ClN5OS. The molecule has 3 aromatic rings. The van der Waals surface area contributed by atoms with Crippen molar-refractivity contribution in [3.63, 3.8) is 0 Å². The van der Waals surface area contributed by atoms with Crippen LogP contribution in [0.25, 0.3) is 0 Å². The Balaban J connectivity index is 1.59. The third-order valence-corrected chi connectivity index (χ3v) is 7.87. The minimum Gasteiger partial charge on any atom is -0.326 e. The standard InChI is InChI=1S/C25H24ClN5OS/c1-14-15(2)33-25-22(14)23(17-9-11-18(26)12-10-17)28-20(24-30-29-16(3)31(24)25)13-21(32)27-19-7-5-4-6-8-19/h4-12,20,22,25H,13H2,1-3H3,(H,27,32)/t20-,22?,25?/m0/s1. The van der Waals surface area contributed by atoms with Crippen LogP contribution in [0.4, 0.5) is 5.69 Å². The van der Waals surface area contributed by atoms with E-state index in [9.17, 15) is 4.79 Å². The van der Waals surface area contributed by atoms with Gasteiger partial charge in [-0.25, -0.2) is 0 Å². The third kappa shape index (κ3) is 4.11. The number of fused-ring (bicyclic) bond motifs is 3. The highest BCUT2D eigenvalue weighted by atomic mass is 35.5. The molecule has 2 unspecified atom stereocenters. The van der Waals surface area contributed by atoms with Crippen molar-refractivity contribution in [3.8, 4) is 0 Å². The van der Waals surface area contributed by atoms with Gasteiger partial charge in [-0.05, 0) is 55.5 Å².